The lowest BCUT2D eigenvalue weighted by atomic mass is 9.82. The minimum absolute atomic E-state index is 0.0394. The molecule has 0 bridgehead atoms. The number of rotatable bonds is 6. The van der Waals surface area contributed by atoms with Crippen molar-refractivity contribution in [2.45, 2.75) is 57.5 Å². The zero-order chi connectivity index (χ0) is 15.3. The molecule has 1 aromatic rings. The van der Waals surface area contributed by atoms with E-state index in [1.54, 1.807) is 6.07 Å². The summed E-state index contributed by atoms with van der Waals surface area (Å²) in [4.78, 5) is 2.53. The maximum atomic E-state index is 13.9. The molecule has 3 N–H and O–H groups in total. The van der Waals surface area contributed by atoms with Crippen LogP contribution < -0.4 is 11.3 Å². The van der Waals surface area contributed by atoms with Gasteiger partial charge in [0.15, 0.2) is 0 Å². The van der Waals surface area contributed by atoms with E-state index in [-0.39, 0.29) is 17.4 Å². The summed E-state index contributed by atoms with van der Waals surface area (Å²) in [6.45, 7) is 6.67. The molecule has 1 aromatic carbocycles. The summed E-state index contributed by atoms with van der Waals surface area (Å²) < 4.78 is 13.9. The van der Waals surface area contributed by atoms with Gasteiger partial charge in [0.05, 0.1) is 0 Å². The molecular weight excluding hydrogens is 265 g/mol. The van der Waals surface area contributed by atoms with Gasteiger partial charge in [-0.05, 0) is 57.3 Å². The Morgan fingerprint density at radius 1 is 1.29 bits per heavy atom. The first kappa shape index (κ1) is 16.4. The summed E-state index contributed by atoms with van der Waals surface area (Å²) in [6, 6.07) is 7.03. The van der Waals surface area contributed by atoms with Crippen molar-refractivity contribution in [2.24, 2.45) is 5.84 Å². The van der Waals surface area contributed by atoms with E-state index in [0.29, 0.717) is 6.42 Å². The van der Waals surface area contributed by atoms with Gasteiger partial charge in [0.25, 0.3) is 0 Å². The first-order valence-corrected chi connectivity index (χ1v) is 8.06. The Morgan fingerprint density at radius 3 is 2.52 bits per heavy atom. The molecule has 2 rings (SSSR count). The van der Waals surface area contributed by atoms with Gasteiger partial charge in [-0.2, -0.15) is 0 Å². The van der Waals surface area contributed by atoms with Gasteiger partial charge in [-0.25, -0.2) is 4.39 Å². The zero-order valence-electron chi connectivity index (χ0n) is 13.2. The highest BCUT2D eigenvalue weighted by Crippen LogP contribution is 2.29. The average molecular weight is 293 g/mol. The van der Waals surface area contributed by atoms with Crippen molar-refractivity contribution in [2.75, 3.05) is 13.1 Å². The highest BCUT2D eigenvalue weighted by Gasteiger charge is 2.38. The summed E-state index contributed by atoms with van der Waals surface area (Å²) in [5.74, 6) is 5.70. The molecule has 1 saturated heterocycles. The number of piperidine rings is 1. The van der Waals surface area contributed by atoms with E-state index in [1.807, 2.05) is 12.1 Å². The smallest absolute Gasteiger partial charge is 0.126 e. The molecule has 1 fully saturated rings. The number of benzene rings is 1. The molecule has 1 aliphatic heterocycles. The van der Waals surface area contributed by atoms with E-state index in [9.17, 15) is 4.39 Å². The van der Waals surface area contributed by atoms with Crippen molar-refractivity contribution in [3.05, 3.63) is 35.6 Å². The second kappa shape index (κ2) is 7.34. The number of halogens is 1. The van der Waals surface area contributed by atoms with Crippen LogP contribution in [0, 0.1) is 5.82 Å². The van der Waals surface area contributed by atoms with Crippen LogP contribution in [0.25, 0.3) is 0 Å². The van der Waals surface area contributed by atoms with Gasteiger partial charge in [-0.15, -0.1) is 0 Å². The van der Waals surface area contributed by atoms with Crippen LogP contribution in [-0.4, -0.2) is 29.6 Å². The molecule has 1 heterocycles. The van der Waals surface area contributed by atoms with Crippen LogP contribution >= 0.6 is 0 Å². The number of nitrogens with two attached hydrogens (primary N) is 1. The van der Waals surface area contributed by atoms with Crippen LogP contribution in [0.4, 0.5) is 4.39 Å². The van der Waals surface area contributed by atoms with Crippen molar-refractivity contribution in [3.8, 4) is 0 Å². The molecule has 0 spiro atoms. The normalized spacial score (nSPS) is 21.0. The molecule has 0 radical (unpaired) electrons. The Morgan fingerprint density at radius 2 is 1.95 bits per heavy atom. The largest absolute Gasteiger partial charge is 0.296 e. The van der Waals surface area contributed by atoms with Crippen molar-refractivity contribution in [1.82, 2.24) is 10.3 Å². The van der Waals surface area contributed by atoms with E-state index in [4.69, 9.17) is 5.84 Å². The Balaban J connectivity index is 2.18. The van der Waals surface area contributed by atoms with Gasteiger partial charge in [-0.1, -0.05) is 31.5 Å². The number of nitrogens with zero attached hydrogens (tertiary/aromatic N) is 1. The predicted molar refractivity (Wildman–Crippen MR) is 85.3 cm³/mol. The fourth-order valence-electron chi connectivity index (χ4n) is 3.44. The third-order valence-corrected chi connectivity index (χ3v) is 5.13. The SMILES string of the molecule is CCC(C)(C(Cc1ccccc1F)NN)N1CCCCC1. The average Bonchev–Trinajstić information content (AvgIpc) is 2.54. The maximum absolute atomic E-state index is 13.9. The minimum atomic E-state index is -0.144. The monoisotopic (exact) mass is 293 g/mol. The number of nitrogens with one attached hydrogen (secondary N) is 1. The van der Waals surface area contributed by atoms with Crippen LogP contribution in [0.5, 0.6) is 0 Å². The molecule has 21 heavy (non-hydrogen) atoms. The first-order chi connectivity index (χ1) is 10.1. The third kappa shape index (κ3) is 3.62. The van der Waals surface area contributed by atoms with E-state index >= 15 is 0 Å². The van der Waals surface area contributed by atoms with Gasteiger partial charge in [0.1, 0.15) is 5.82 Å². The molecule has 0 amide bonds. The maximum Gasteiger partial charge on any atom is 0.126 e. The van der Waals surface area contributed by atoms with E-state index in [2.05, 4.69) is 24.2 Å². The Labute approximate surface area is 127 Å². The molecule has 1 aliphatic rings. The Hall–Kier alpha value is -0.970. The highest BCUT2D eigenvalue weighted by atomic mass is 19.1. The minimum Gasteiger partial charge on any atom is -0.296 e. The molecular formula is C17H28FN3. The quantitative estimate of drug-likeness (QED) is 0.626. The molecule has 3 nitrogen and oxygen atoms in total. The molecule has 2 atom stereocenters. The lowest BCUT2D eigenvalue weighted by molar-refractivity contribution is 0.0427. The van der Waals surface area contributed by atoms with Crippen LogP contribution in [0.1, 0.15) is 45.1 Å². The molecule has 118 valence electrons. The number of hydrogen-bond acceptors (Lipinski definition) is 3. The second-order valence-electron chi connectivity index (χ2n) is 6.27. The van der Waals surface area contributed by atoms with E-state index in [0.717, 1.165) is 25.1 Å². The third-order valence-electron chi connectivity index (χ3n) is 5.13. The fourth-order valence-corrected chi connectivity index (χ4v) is 3.44. The van der Waals surface area contributed by atoms with Gasteiger partial charge in [-0.3, -0.25) is 16.2 Å². The van der Waals surface area contributed by atoms with Crippen LogP contribution in [0.2, 0.25) is 0 Å². The number of hydrogen-bond donors (Lipinski definition) is 2. The second-order valence-corrected chi connectivity index (χ2v) is 6.27. The summed E-state index contributed by atoms with van der Waals surface area (Å²) in [5.41, 5.74) is 3.65. The lowest BCUT2D eigenvalue weighted by Gasteiger charge is -2.48. The highest BCUT2D eigenvalue weighted by molar-refractivity contribution is 5.20. The Bertz CT molecular complexity index is 445. The van der Waals surface area contributed by atoms with Crippen molar-refractivity contribution in [3.63, 3.8) is 0 Å². The van der Waals surface area contributed by atoms with Crippen molar-refractivity contribution in [1.29, 1.82) is 0 Å². The van der Waals surface area contributed by atoms with Crippen molar-refractivity contribution < 1.29 is 4.39 Å². The van der Waals surface area contributed by atoms with Gasteiger partial charge < -0.3 is 0 Å². The molecule has 0 aromatic heterocycles. The summed E-state index contributed by atoms with van der Waals surface area (Å²) in [5, 5.41) is 0. The fraction of sp³-hybridized carbons (Fsp3) is 0.647. The lowest BCUT2D eigenvalue weighted by Crippen LogP contribution is -2.62. The van der Waals surface area contributed by atoms with Gasteiger partial charge in [0.2, 0.25) is 0 Å². The number of likely N-dealkylation sites (tertiary alicyclic amines) is 1. The Kier molecular flexibility index (Phi) is 5.73. The summed E-state index contributed by atoms with van der Waals surface area (Å²) in [7, 11) is 0. The van der Waals surface area contributed by atoms with E-state index in [1.165, 1.54) is 25.3 Å². The van der Waals surface area contributed by atoms with Crippen molar-refractivity contribution >= 4 is 0 Å². The molecule has 0 saturated carbocycles. The summed E-state index contributed by atoms with van der Waals surface area (Å²) >= 11 is 0. The van der Waals surface area contributed by atoms with E-state index < -0.39 is 0 Å². The molecule has 0 aliphatic carbocycles. The standard InChI is InChI=1S/C17H28FN3/c1-3-17(2,21-11-7-4-8-12-21)16(20-19)13-14-9-5-6-10-15(14)18/h5-6,9-10,16,20H,3-4,7-8,11-13,19H2,1-2H3. The predicted octanol–water partition coefficient (Wildman–Crippen LogP) is 2.85. The summed E-state index contributed by atoms with van der Waals surface area (Å²) in [6.07, 6.45) is 5.41. The zero-order valence-corrected chi connectivity index (χ0v) is 13.2. The topological polar surface area (TPSA) is 41.3 Å². The van der Waals surface area contributed by atoms with Gasteiger partial charge >= 0.3 is 0 Å². The van der Waals surface area contributed by atoms with Gasteiger partial charge in [0, 0.05) is 11.6 Å². The van der Waals surface area contributed by atoms with Crippen LogP contribution in [0.15, 0.2) is 24.3 Å². The molecule has 2 unspecified atom stereocenters. The number of hydrazine groups is 1. The van der Waals surface area contributed by atoms with Crippen LogP contribution in [0.3, 0.4) is 0 Å². The molecule has 4 heteroatoms. The first-order valence-electron chi connectivity index (χ1n) is 8.06. The van der Waals surface area contributed by atoms with Crippen LogP contribution in [-0.2, 0) is 6.42 Å².